The van der Waals surface area contributed by atoms with Crippen molar-refractivity contribution in [3.05, 3.63) is 48.1 Å². The summed E-state index contributed by atoms with van der Waals surface area (Å²) in [4.78, 5) is 2.18. The van der Waals surface area contributed by atoms with E-state index in [9.17, 15) is 8.78 Å². The fraction of sp³-hybridized carbons (Fsp3) is 0.429. The minimum atomic E-state index is -0.393. The van der Waals surface area contributed by atoms with E-state index in [0.717, 1.165) is 32.2 Å². The lowest BCUT2D eigenvalue weighted by Crippen LogP contribution is -2.45. The van der Waals surface area contributed by atoms with Gasteiger partial charge in [-0.1, -0.05) is 6.08 Å². The van der Waals surface area contributed by atoms with Gasteiger partial charge in [0.1, 0.15) is 11.6 Å². The summed E-state index contributed by atoms with van der Waals surface area (Å²) in [6.07, 6.45) is 2.39. The van der Waals surface area contributed by atoms with Crippen LogP contribution in [0.1, 0.15) is 18.0 Å². The quantitative estimate of drug-likeness (QED) is 0.854. The average Bonchev–Trinajstić information content (AvgIpc) is 2.40. The Morgan fingerprint density at radius 1 is 1.25 bits per heavy atom. The zero-order valence-electron chi connectivity index (χ0n) is 11.1. The third-order valence-electron chi connectivity index (χ3n) is 3.30. The Hall–Kier alpha value is -0.680. The Morgan fingerprint density at radius 3 is 2.50 bits per heavy atom. The molecule has 1 saturated heterocycles. The predicted octanol–water partition coefficient (Wildman–Crippen LogP) is 3.33. The minimum absolute atomic E-state index is 0. The van der Waals surface area contributed by atoms with Crippen molar-refractivity contribution in [2.75, 3.05) is 26.2 Å². The molecule has 1 aliphatic heterocycles. The number of halogens is 4. The molecule has 0 saturated carbocycles. The summed E-state index contributed by atoms with van der Waals surface area (Å²) >= 11 is 0. The highest BCUT2D eigenvalue weighted by Gasteiger charge is 2.23. The molecule has 6 heteroatoms. The Bertz CT molecular complexity index is 424. The van der Waals surface area contributed by atoms with Crippen molar-refractivity contribution in [3.63, 3.8) is 0 Å². The molecule has 0 radical (unpaired) electrons. The molecule has 114 valence electrons. The van der Waals surface area contributed by atoms with E-state index in [2.05, 4.69) is 16.8 Å². The van der Waals surface area contributed by atoms with Crippen LogP contribution in [0.15, 0.2) is 30.9 Å². The van der Waals surface area contributed by atoms with Gasteiger partial charge in [0.2, 0.25) is 0 Å². The molecule has 0 spiro atoms. The topological polar surface area (TPSA) is 15.3 Å². The molecule has 0 amide bonds. The second-order valence-corrected chi connectivity index (χ2v) is 4.49. The smallest absolute Gasteiger partial charge is 0.128 e. The van der Waals surface area contributed by atoms with Gasteiger partial charge in [0.25, 0.3) is 0 Å². The Balaban J connectivity index is 0.00000180. The van der Waals surface area contributed by atoms with Gasteiger partial charge < -0.3 is 5.32 Å². The van der Waals surface area contributed by atoms with E-state index >= 15 is 0 Å². The van der Waals surface area contributed by atoms with E-state index in [1.807, 2.05) is 0 Å². The molecule has 1 heterocycles. The van der Waals surface area contributed by atoms with Gasteiger partial charge in [-0.3, -0.25) is 4.90 Å². The summed E-state index contributed by atoms with van der Waals surface area (Å²) < 4.78 is 27.1. The summed E-state index contributed by atoms with van der Waals surface area (Å²) in [5, 5.41) is 3.25. The summed E-state index contributed by atoms with van der Waals surface area (Å²) in [5.41, 5.74) is 0.428. The standard InChI is InChI=1S/C14H18F2N2.2ClH/c1-2-3-14(18-8-6-17-7-9-18)12-10-11(15)4-5-13(12)16;;/h2,4-5,10,14,17H,1,3,6-9H2;2*1H/t14-;;/m0../s1. The third-order valence-corrected chi connectivity index (χ3v) is 3.30. The lowest BCUT2D eigenvalue weighted by molar-refractivity contribution is 0.171. The molecule has 0 aliphatic carbocycles. The first-order valence-electron chi connectivity index (χ1n) is 6.23. The van der Waals surface area contributed by atoms with Gasteiger partial charge in [-0.05, 0) is 24.6 Å². The normalized spacial score (nSPS) is 16.7. The van der Waals surface area contributed by atoms with Crippen LogP contribution in [0.5, 0.6) is 0 Å². The molecule has 0 aromatic heterocycles. The fourth-order valence-electron chi connectivity index (χ4n) is 2.39. The highest BCUT2D eigenvalue weighted by atomic mass is 35.5. The highest BCUT2D eigenvalue weighted by molar-refractivity contribution is 5.85. The molecule has 20 heavy (non-hydrogen) atoms. The van der Waals surface area contributed by atoms with Gasteiger partial charge in [0.05, 0.1) is 0 Å². The van der Waals surface area contributed by atoms with Crippen LogP contribution in [0.4, 0.5) is 8.78 Å². The van der Waals surface area contributed by atoms with E-state index in [0.29, 0.717) is 12.0 Å². The van der Waals surface area contributed by atoms with E-state index in [1.165, 1.54) is 12.1 Å². The zero-order valence-corrected chi connectivity index (χ0v) is 12.8. The number of benzene rings is 1. The fourth-order valence-corrected chi connectivity index (χ4v) is 2.39. The first kappa shape index (κ1) is 19.3. The second-order valence-electron chi connectivity index (χ2n) is 4.49. The molecule has 0 unspecified atom stereocenters. The monoisotopic (exact) mass is 324 g/mol. The Morgan fingerprint density at radius 2 is 1.90 bits per heavy atom. The Kier molecular flexibility index (Phi) is 8.98. The van der Waals surface area contributed by atoms with Crippen LogP contribution in [0.3, 0.4) is 0 Å². The lowest BCUT2D eigenvalue weighted by atomic mass is 10.0. The molecule has 1 aliphatic rings. The van der Waals surface area contributed by atoms with Crippen molar-refractivity contribution in [1.29, 1.82) is 0 Å². The second kappa shape index (κ2) is 9.29. The minimum Gasteiger partial charge on any atom is -0.314 e. The molecule has 1 atom stereocenters. The van der Waals surface area contributed by atoms with Crippen LogP contribution in [-0.4, -0.2) is 31.1 Å². The zero-order chi connectivity index (χ0) is 13.0. The van der Waals surface area contributed by atoms with E-state index < -0.39 is 5.82 Å². The molecule has 1 fully saturated rings. The molecule has 1 N–H and O–H groups in total. The third kappa shape index (κ3) is 4.70. The summed E-state index contributed by atoms with van der Waals surface area (Å²) in [5.74, 6) is -0.739. The van der Waals surface area contributed by atoms with E-state index in [1.54, 1.807) is 6.08 Å². The van der Waals surface area contributed by atoms with Crippen molar-refractivity contribution < 1.29 is 8.78 Å². The summed E-state index contributed by atoms with van der Waals surface area (Å²) in [7, 11) is 0. The molecular weight excluding hydrogens is 305 g/mol. The lowest BCUT2D eigenvalue weighted by Gasteiger charge is -2.34. The molecular formula is C14H20Cl2F2N2. The number of piperazine rings is 1. The maximum Gasteiger partial charge on any atom is 0.128 e. The average molecular weight is 325 g/mol. The van der Waals surface area contributed by atoms with Gasteiger partial charge in [0.15, 0.2) is 0 Å². The Labute approximate surface area is 131 Å². The van der Waals surface area contributed by atoms with Crippen LogP contribution in [-0.2, 0) is 0 Å². The van der Waals surface area contributed by atoms with Gasteiger partial charge in [-0.2, -0.15) is 0 Å². The number of nitrogens with zero attached hydrogens (tertiary/aromatic N) is 1. The first-order valence-corrected chi connectivity index (χ1v) is 6.23. The van der Waals surface area contributed by atoms with Crippen LogP contribution in [0.2, 0.25) is 0 Å². The van der Waals surface area contributed by atoms with E-state index in [-0.39, 0.29) is 36.7 Å². The summed E-state index contributed by atoms with van der Waals surface area (Å²) in [6.45, 7) is 7.16. The number of hydrogen-bond donors (Lipinski definition) is 1. The highest BCUT2D eigenvalue weighted by Crippen LogP contribution is 2.27. The predicted molar refractivity (Wildman–Crippen MR) is 82.9 cm³/mol. The number of hydrogen-bond acceptors (Lipinski definition) is 2. The van der Waals surface area contributed by atoms with E-state index in [4.69, 9.17) is 0 Å². The molecule has 0 bridgehead atoms. The van der Waals surface area contributed by atoms with Gasteiger partial charge in [-0.25, -0.2) is 8.78 Å². The maximum absolute atomic E-state index is 13.9. The van der Waals surface area contributed by atoms with Crippen LogP contribution in [0, 0.1) is 11.6 Å². The van der Waals surface area contributed by atoms with Crippen LogP contribution < -0.4 is 5.32 Å². The summed E-state index contributed by atoms with van der Waals surface area (Å²) in [6, 6.07) is 3.52. The van der Waals surface area contributed by atoms with Crippen LogP contribution in [0.25, 0.3) is 0 Å². The van der Waals surface area contributed by atoms with Crippen molar-refractivity contribution in [2.45, 2.75) is 12.5 Å². The first-order chi connectivity index (χ1) is 8.72. The number of nitrogens with one attached hydrogen (secondary N) is 1. The molecule has 1 aromatic rings. The molecule has 2 nitrogen and oxygen atoms in total. The van der Waals surface area contributed by atoms with Gasteiger partial charge >= 0.3 is 0 Å². The maximum atomic E-state index is 13.9. The largest absolute Gasteiger partial charge is 0.314 e. The van der Waals surface area contributed by atoms with Crippen molar-refractivity contribution in [3.8, 4) is 0 Å². The van der Waals surface area contributed by atoms with Gasteiger partial charge in [0, 0.05) is 37.8 Å². The van der Waals surface area contributed by atoms with Crippen LogP contribution >= 0.6 is 24.8 Å². The number of rotatable bonds is 4. The van der Waals surface area contributed by atoms with Crippen molar-refractivity contribution in [2.24, 2.45) is 0 Å². The molecule has 1 aromatic carbocycles. The van der Waals surface area contributed by atoms with Gasteiger partial charge in [-0.15, -0.1) is 31.4 Å². The SMILES string of the molecule is C=CC[C@@H](c1cc(F)ccc1F)N1CCNCC1.Cl.Cl. The van der Waals surface area contributed by atoms with Crippen molar-refractivity contribution >= 4 is 24.8 Å². The van der Waals surface area contributed by atoms with Crippen molar-refractivity contribution in [1.82, 2.24) is 10.2 Å². The molecule has 2 rings (SSSR count).